The highest BCUT2D eigenvalue weighted by atomic mass is 16.2. The number of nitrogens with zero attached hydrogens (tertiary/aromatic N) is 1. The zero-order chi connectivity index (χ0) is 14.5. The Balaban J connectivity index is 2.06. The Morgan fingerprint density at radius 3 is 2.50 bits per heavy atom. The van der Waals surface area contributed by atoms with Crippen LogP contribution in [0.2, 0.25) is 0 Å². The average Bonchev–Trinajstić information content (AvgIpc) is 2.47. The van der Waals surface area contributed by atoms with Crippen molar-refractivity contribution in [2.45, 2.75) is 50.6 Å². The minimum absolute atomic E-state index is 0.112. The summed E-state index contributed by atoms with van der Waals surface area (Å²) < 4.78 is 0. The molecule has 3 unspecified atom stereocenters. The molecule has 0 aromatic heterocycles. The SMILES string of the molecule is CC(NC1CCCCC1c1ccccc1)C(=O)N(C)C. The topological polar surface area (TPSA) is 32.3 Å². The Kier molecular flexibility index (Phi) is 5.18. The predicted molar refractivity (Wildman–Crippen MR) is 82.7 cm³/mol. The third-order valence-electron chi connectivity index (χ3n) is 4.27. The van der Waals surface area contributed by atoms with Crippen LogP contribution >= 0.6 is 0 Å². The number of carbonyl (C=O) groups is 1. The fourth-order valence-corrected chi connectivity index (χ4v) is 3.21. The number of benzene rings is 1. The van der Waals surface area contributed by atoms with Gasteiger partial charge in [0.05, 0.1) is 6.04 Å². The molecular formula is C17H26N2O. The van der Waals surface area contributed by atoms with Crippen LogP contribution in [0, 0.1) is 0 Å². The third kappa shape index (κ3) is 3.60. The van der Waals surface area contributed by atoms with Gasteiger partial charge in [-0.2, -0.15) is 0 Å². The van der Waals surface area contributed by atoms with E-state index in [9.17, 15) is 4.79 Å². The van der Waals surface area contributed by atoms with Crippen LogP contribution < -0.4 is 5.32 Å². The molecular weight excluding hydrogens is 248 g/mol. The van der Waals surface area contributed by atoms with Crippen molar-refractivity contribution in [2.24, 2.45) is 0 Å². The number of rotatable bonds is 4. The molecule has 3 heteroatoms. The zero-order valence-electron chi connectivity index (χ0n) is 12.8. The normalized spacial score (nSPS) is 24.1. The number of carbonyl (C=O) groups excluding carboxylic acids is 1. The van der Waals surface area contributed by atoms with E-state index in [2.05, 4.69) is 35.6 Å². The van der Waals surface area contributed by atoms with Crippen molar-refractivity contribution >= 4 is 5.91 Å². The number of amides is 1. The molecule has 0 heterocycles. The Bertz CT molecular complexity index is 430. The van der Waals surface area contributed by atoms with Crippen molar-refractivity contribution in [2.75, 3.05) is 14.1 Å². The van der Waals surface area contributed by atoms with Crippen LogP contribution in [-0.2, 0) is 4.79 Å². The molecule has 3 nitrogen and oxygen atoms in total. The van der Waals surface area contributed by atoms with Gasteiger partial charge >= 0.3 is 0 Å². The minimum Gasteiger partial charge on any atom is -0.347 e. The summed E-state index contributed by atoms with van der Waals surface area (Å²) >= 11 is 0. The summed E-state index contributed by atoms with van der Waals surface area (Å²) in [4.78, 5) is 13.7. The molecule has 1 saturated carbocycles. The van der Waals surface area contributed by atoms with Gasteiger partial charge in [0.2, 0.25) is 5.91 Å². The van der Waals surface area contributed by atoms with Crippen molar-refractivity contribution in [3.05, 3.63) is 35.9 Å². The number of nitrogens with one attached hydrogen (secondary N) is 1. The molecule has 3 atom stereocenters. The second kappa shape index (κ2) is 6.89. The van der Waals surface area contributed by atoms with E-state index in [-0.39, 0.29) is 11.9 Å². The van der Waals surface area contributed by atoms with Gasteiger partial charge < -0.3 is 10.2 Å². The maximum absolute atomic E-state index is 12.0. The zero-order valence-corrected chi connectivity index (χ0v) is 12.8. The van der Waals surface area contributed by atoms with Gasteiger partial charge in [0.1, 0.15) is 0 Å². The highest BCUT2D eigenvalue weighted by molar-refractivity contribution is 5.80. The van der Waals surface area contributed by atoms with Crippen LogP contribution in [0.15, 0.2) is 30.3 Å². The van der Waals surface area contributed by atoms with Gasteiger partial charge in [-0.3, -0.25) is 4.79 Å². The van der Waals surface area contributed by atoms with Gasteiger partial charge in [0.25, 0.3) is 0 Å². The first-order valence-electron chi connectivity index (χ1n) is 7.61. The van der Waals surface area contributed by atoms with E-state index in [1.807, 2.05) is 21.0 Å². The fraction of sp³-hybridized carbons (Fsp3) is 0.588. The molecule has 1 N–H and O–H groups in total. The van der Waals surface area contributed by atoms with E-state index >= 15 is 0 Å². The summed E-state index contributed by atoms with van der Waals surface area (Å²) in [6, 6.07) is 11.0. The second-order valence-electron chi connectivity index (χ2n) is 6.03. The number of likely N-dealkylation sites (N-methyl/N-ethyl adjacent to an activating group) is 1. The summed E-state index contributed by atoms with van der Waals surface area (Å²) in [7, 11) is 3.63. The molecule has 1 aliphatic carbocycles. The van der Waals surface area contributed by atoms with Crippen molar-refractivity contribution in [1.29, 1.82) is 0 Å². The standard InChI is InChI=1S/C17H26N2O/c1-13(17(20)19(2)3)18-16-12-8-7-11-15(16)14-9-5-4-6-10-14/h4-6,9-10,13,15-16,18H,7-8,11-12H2,1-3H3. The second-order valence-corrected chi connectivity index (χ2v) is 6.03. The van der Waals surface area contributed by atoms with Gasteiger partial charge in [0, 0.05) is 20.1 Å². The molecule has 2 rings (SSSR count). The van der Waals surface area contributed by atoms with Gasteiger partial charge in [-0.15, -0.1) is 0 Å². The van der Waals surface area contributed by atoms with E-state index in [0.717, 1.165) is 6.42 Å². The Hall–Kier alpha value is -1.35. The molecule has 0 aliphatic heterocycles. The van der Waals surface area contributed by atoms with Crippen LogP contribution in [0.4, 0.5) is 0 Å². The lowest BCUT2D eigenvalue weighted by Crippen LogP contribution is -2.49. The first kappa shape index (κ1) is 15.0. The largest absolute Gasteiger partial charge is 0.347 e. The van der Waals surface area contributed by atoms with Crippen molar-refractivity contribution in [3.63, 3.8) is 0 Å². The monoisotopic (exact) mass is 274 g/mol. The molecule has 1 aliphatic rings. The summed E-state index contributed by atoms with van der Waals surface area (Å²) in [5, 5.41) is 3.56. The van der Waals surface area contributed by atoms with E-state index in [1.165, 1.54) is 24.8 Å². The fourth-order valence-electron chi connectivity index (χ4n) is 3.21. The summed E-state index contributed by atoms with van der Waals surface area (Å²) in [5.41, 5.74) is 1.40. The Labute approximate surface area is 122 Å². The van der Waals surface area contributed by atoms with E-state index in [4.69, 9.17) is 0 Å². The van der Waals surface area contributed by atoms with Crippen molar-refractivity contribution in [1.82, 2.24) is 10.2 Å². The smallest absolute Gasteiger partial charge is 0.238 e. The number of hydrogen-bond acceptors (Lipinski definition) is 2. The first-order valence-corrected chi connectivity index (χ1v) is 7.61. The van der Waals surface area contributed by atoms with Crippen LogP contribution in [-0.4, -0.2) is 37.0 Å². The number of hydrogen-bond donors (Lipinski definition) is 1. The summed E-state index contributed by atoms with van der Waals surface area (Å²) in [6.07, 6.45) is 4.91. The molecule has 1 aromatic carbocycles. The van der Waals surface area contributed by atoms with E-state index in [1.54, 1.807) is 4.90 Å². The van der Waals surface area contributed by atoms with Crippen LogP contribution in [0.25, 0.3) is 0 Å². The highest BCUT2D eigenvalue weighted by Crippen LogP contribution is 2.33. The first-order chi connectivity index (χ1) is 9.59. The molecule has 0 spiro atoms. The molecule has 110 valence electrons. The maximum atomic E-state index is 12.0. The average molecular weight is 274 g/mol. The summed E-state index contributed by atoms with van der Waals surface area (Å²) in [5.74, 6) is 0.685. The van der Waals surface area contributed by atoms with Crippen LogP contribution in [0.1, 0.15) is 44.1 Å². The van der Waals surface area contributed by atoms with E-state index < -0.39 is 0 Å². The predicted octanol–water partition coefficient (Wildman–Crippen LogP) is 2.78. The lowest BCUT2D eigenvalue weighted by molar-refractivity contribution is -0.130. The van der Waals surface area contributed by atoms with Crippen molar-refractivity contribution in [3.8, 4) is 0 Å². The molecule has 1 fully saturated rings. The summed E-state index contributed by atoms with van der Waals surface area (Å²) in [6.45, 7) is 1.97. The molecule has 0 saturated heterocycles. The highest BCUT2D eigenvalue weighted by Gasteiger charge is 2.29. The van der Waals surface area contributed by atoms with E-state index in [0.29, 0.717) is 12.0 Å². The molecule has 1 aromatic rings. The third-order valence-corrected chi connectivity index (χ3v) is 4.27. The Morgan fingerprint density at radius 2 is 1.85 bits per heavy atom. The molecule has 0 bridgehead atoms. The molecule has 20 heavy (non-hydrogen) atoms. The lowest BCUT2D eigenvalue weighted by atomic mass is 9.79. The van der Waals surface area contributed by atoms with Gasteiger partial charge in [-0.1, -0.05) is 43.2 Å². The molecule has 0 radical (unpaired) electrons. The quantitative estimate of drug-likeness (QED) is 0.915. The lowest BCUT2D eigenvalue weighted by Gasteiger charge is -2.35. The van der Waals surface area contributed by atoms with Crippen LogP contribution in [0.3, 0.4) is 0 Å². The maximum Gasteiger partial charge on any atom is 0.238 e. The van der Waals surface area contributed by atoms with Crippen LogP contribution in [0.5, 0.6) is 0 Å². The Morgan fingerprint density at radius 1 is 1.20 bits per heavy atom. The molecule has 1 amide bonds. The van der Waals surface area contributed by atoms with Crippen molar-refractivity contribution < 1.29 is 4.79 Å². The van der Waals surface area contributed by atoms with Gasteiger partial charge in [-0.05, 0) is 31.2 Å². The van der Waals surface area contributed by atoms with Gasteiger partial charge in [-0.25, -0.2) is 0 Å². The van der Waals surface area contributed by atoms with Gasteiger partial charge in [0.15, 0.2) is 0 Å². The minimum atomic E-state index is -0.112.